The summed E-state index contributed by atoms with van der Waals surface area (Å²) in [5.74, 6) is -0.737. The fraction of sp³-hybridized carbons (Fsp3) is 0.450. The zero-order valence-electron chi connectivity index (χ0n) is 16.3. The number of aromatic nitrogens is 1. The molecule has 1 radical (unpaired) electrons. The summed E-state index contributed by atoms with van der Waals surface area (Å²) in [6.07, 6.45) is 3.19. The Morgan fingerprint density at radius 3 is 2.48 bits per heavy atom. The second kappa shape index (κ2) is 7.89. The molecule has 1 amide bonds. The van der Waals surface area contributed by atoms with Crippen molar-refractivity contribution in [1.82, 2.24) is 14.4 Å². The second-order valence-electron chi connectivity index (χ2n) is 7.80. The molecule has 0 spiro atoms. The van der Waals surface area contributed by atoms with Crippen LogP contribution in [-0.4, -0.2) is 61.4 Å². The molecule has 1 unspecified atom stereocenters. The molecule has 3 heterocycles. The SMILES string of the molecule is Cc1noc(C(N)=O)c1S(=O)(=O)N1CC2CN(CC[CH]c3ccccc3)C[C@H]2C1. The number of fused-ring (bicyclic) bond motifs is 1. The maximum absolute atomic E-state index is 13.1. The predicted molar refractivity (Wildman–Crippen MR) is 106 cm³/mol. The van der Waals surface area contributed by atoms with Gasteiger partial charge in [0.05, 0.1) is 0 Å². The van der Waals surface area contributed by atoms with Gasteiger partial charge in [-0.1, -0.05) is 35.5 Å². The topological polar surface area (TPSA) is 110 Å². The molecule has 0 saturated carbocycles. The zero-order chi connectivity index (χ0) is 20.6. The van der Waals surface area contributed by atoms with Crippen LogP contribution in [-0.2, 0) is 10.0 Å². The first-order valence-corrected chi connectivity index (χ1v) is 11.2. The number of amides is 1. The summed E-state index contributed by atoms with van der Waals surface area (Å²) in [4.78, 5) is 13.7. The molecule has 29 heavy (non-hydrogen) atoms. The first-order chi connectivity index (χ1) is 13.9. The molecule has 2 N–H and O–H groups in total. The Morgan fingerprint density at radius 1 is 1.21 bits per heavy atom. The van der Waals surface area contributed by atoms with Crippen molar-refractivity contribution >= 4 is 15.9 Å². The highest BCUT2D eigenvalue weighted by Crippen LogP contribution is 2.35. The Bertz CT molecular complexity index is 975. The summed E-state index contributed by atoms with van der Waals surface area (Å²) in [5, 5.41) is 3.63. The Hall–Kier alpha value is -2.23. The van der Waals surface area contributed by atoms with Crippen LogP contribution in [0.4, 0.5) is 0 Å². The molecule has 1 aromatic heterocycles. The molecule has 2 aromatic rings. The molecule has 4 rings (SSSR count). The van der Waals surface area contributed by atoms with Crippen LogP contribution in [0.2, 0.25) is 0 Å². The number of hydrogen-bond acceptors (Lipinski definition) is 6. The van der Waals surface area contributed by atoms with Crippen molar-refractivity contribution in [3.8, 4) is 0 Å². The summed E-state index contributed by atoms with van der Waals surface area (Å²) in [5.41, 5.74) is 6.64. The van der Waals surface area contributed by atoms with E-state index in [1.54, 1.807) is 0 Å². The van der Waals surface area contributed by atoms with Gasteiger partial charge in [-0.2, -0.15) is 4.31 Å². The van der Waals surface area contributed by atoms with Gasteiger partial charge in [-0.05, 0) is 43.7 Å². The van der Waals surface area contributed by atoms with Crippen LogP contribution >= 0.6 is 0 Å². The Morgan fingerprint density at radius 2 is 1.86 bits per heavy atom. The van der Waals surface area contributed by atoms with Crippen LogP contribution in [0.1, 0.15) is 28.2 Å². The number of sulfonamides is 1. The Balaban J connectivity index is 1.35. The first-order valence-electron chi connectivity index (χ1n) is 9.73. The van der Waals surface area contributed by atoms with Crippen LogP contribution < -0.4 is 5.73 Å². The zero-order valence-corrected chi connectivity index (χ0v) is 17.1. The summed E-state index contributed by atoms with van der Waals surface area (Å²) in [6, 6.07) is 10.2. The molecular formula is C20H25N4O4S. The monoisotopic (exact) mass is 417 g/mol. The lowest BCUT2D eigenvalue weighted by Gasteiger charge is -2.21. The summed E-state index contributed by atoms with van der Waals surface area (Å²) < 4.78 is 32.5. The van der Waals surface area contributed by atoms with E-state index < -0.39 is 21.7 Å². The number of hydrogen-bond donors (Lipinski definition) is 1. The van der Waals surface area contributed by atoms with Crippen molar-refractivity contribution < 1.29 is 17.7 Å². The maximum Gasteiger partial charge on any atom is 0.288 e. The fourth-order valence-corrected chi connectivity index (χ4v) is 6.20. The van der Waals surface area contributed by atoms with E-state index in [4.69, 9.17) is 10.3 Å². The number of nitrogens with two attached hydrogens (primary N) is 1. The Labute approximate surface area is 170 Å². The van der Waals surface area contributed by atoms with E-state index in [1.807, 2.05) is 18.2 Å². The molecule has 8 nitrogen and oxygen atoms in total. The third-order valence-corrected chi connectivity index (χ3v) is 7.76. The highest BCUT2D eigenvalue weighted by Gasteiger charge is 2.46. The van der Waals surface area contributed by atoms with Crippen LogP contribution in [0.25, 0.3) is 0 Å². The third-order valence-electron chi connectivity index (χ3n) is 5.78. The number of rotatable bonds is 7. The number of primary amides is 1. The predicted octanol–water partition coefficient (Wildman–Crippen LogP) is 1.28. The number of aryl methyl sites for hydroxylation is 1. The second-order valence-corrected chi connectivity index (χ2v) is 9.67. The minimum absolute atomic E-state index is 0.161. The normalized spacial score (nSPS) is 22.8. The number of carbonyl (C=O) groups is 1. The lowest BCUT2D eigenvalue weighted by Crippen LogP contribution is -2.34. The van der Waals surface area contributed by atoms with Gasteiger partial charge in [0.1, 0.15) is 5.69 Å². The lowest BCUT2D eigenvalue weighted by molar-refractivity contribution is 0.0960. The molecule has 2 aliphatic rings. The molecular weight excluding hydrogens is 392 g/mol. The fourth-order valence-electron chi connectivity index (χ4n) is 4.38. The van der Waals surface area contributed by atoms with Gasteiger partial charge < -0.3 is 15.2 Å². The molecule has 1 aromatic carbocycles. The number of benzene rings is 1. The van der Waals surface area contributed by atoms with Gasteiger partial charge in [-0.3, -0.25) is 4.79 Å². The molecule has 2 fully saturated rings. The van der Waals surface area contributed by atoms with E-state index in [2.05, 4.69) is 28.6 Å². The first kappa shape index (κ1) is 20.1. The minimum atomic E-state index is -3.86. The Kier molecular flexibility index (Phi) is 5.46. The summed E-state index contributed by atoms with van der Waals surface area (Å²) >= 11 is 0. The van der Waals surface area contributed by atoms with E-state index in [9.17, 15) is 13.2 Å². The molecule has 155 valence electrons. The third kappa shape index (κ3) is 3.94. The van der Waals surface area contributed by atoms with Crippen molar-refractivity contribution in [3.05, 3.63) is 53.8 Å². The van der Waals surface area contributed by atoms with Gasteiger partial charge in [-0.15, -0.1) is 0 Å². The van der Waals surface area contributed by atoms with Crippen LogP contribution in [0, 0.1) is 25.2 Å². The van der Waals surface area contributed by atoms with Gasteiger partial charge in [0.15, 0.2) is 4.90 Å². The van der Waals surface area contributed by atoms with Crippen LogP contribution in [0.15, 0.2) is 39.8 Å². The van der Waals surface area contributed by atoms with E-state index in [0.717, 1.165) is 26.1 Å². The van der Waals surface area contributed by atoms with Crippen molar-refractivity contribution in [2.45, 2.75) is 18.2 Å². The average molecular weight is 418 g/mol. The molecule has 2 saturated heterocycles. The maximum atomic E-state index is 13.1. The van der Waals surface area contributed by atoms with Crippen molar-refractivity contribution in [2.75, 3.05) is 32.7 Å². The highest BCUT2D eigenvalue weighted by atomic mass is 32.2. The largest absolute Gasteiger partial charge is 0.363 e. The van der Waals surface area contributed by atoms with Crippen LogP contribution in [0.5, 0.6) is 0 Å². The van der Waals surface area contributed by atoms with Gasteiger partial charge >= 0.3 is 0 Å². The van der Waals surface area contributed by atoms with Crippen molar-refractivity contribution in [3.63, 3.8) is 0 Å². The molecule has 2 aliphatic heterocycles. The highest BCUT2D eigenvalue weighted by molar-refractivity contribution is 7.89. The van der Waals surface area contributed by atoms with E-state index in [1.165, 1.54) is 16.8 Å². The lowest BCUT2D eigenvalue weighted by atomic mass is 10.0. The summed E-state index contributed by atoms with van der Waals surface area (Å²) in [6.45, 7) is 5.11. The van der Waals surface area contributed by atoms with Gasteiger partial charge in [0, 0.05) is 26.2 Å². The smallest absolute Gasteiger partial charge is 0.288 e. The number of likely N-dealkylation sites (tertiary alicyclic amines) is 1. The molecule has 9 heteroatoms. The van der Waals surface area contributed by atoms with Gasteiger partial charge in [0.2, 0.25) is 15.8 Å². The van der Waals surface area contributed by atoms with Crippen molar-refractivity contribution in [2.24, 2.45) is 17.6 Å². The standard InChI is InChI=1S/C20H25N4O4S/c1-14-19(18(20(21)25)28-22-14)29(26,27)24-12-16-10-23(11-17(16)13-24)9-5-8-15-6-3-2-4-7-15/h2-4,6-8,16-17H,5,9-13H2,1H3,(H2,21,25)/t16-,17?/m0/s1. The average Bonchev–Trinajstić information content (AvgIpc) is 3.35. The van der Waals surface area contributed by atoms with E-state index >= 15 is 0 Å². The summed E-state index contributed by atoms with van der Waals surface area (Å²) in [7, 11) is -3.86. The van der Waals surface area contributed by atoms with Gasteiger partial charge in [0.25, 0.3) is 5.91 Å². The molecule has 0 bridgehead atoms. The molecule has 2 atom stereocenters. The van der Waals surface area contributed by atoms with Gasteiger partial charge in [-0.25, -0.2) is 8.42 Å². The van der Waals surface area contributed by atoms with E-state index in [0.29, 0.717) is 24.9 Å². The minimum Gasteiger partial charge on any atom is -0.363 e. The number of nitrogens with zero attached hydrogens (tertiary/aromatic N) is 3. The molecule has 0 aliphatic carbocycles. The van der Waals surface area contributed by atoms with E-state index in [-0.39, 0.29) is 10.6 Å². The van der Waals surface area contributed by atoms with Crippen LogP contribution in [0.3, 0.4) is 0 Å². The van der Waals surface area contributed by atoms with Crippen molar-refractivity contribution in [1.29, 1.82) is 0 Å². The number of carbonyl (C=O) groups excluding carboxylic acids is 1. The quantitative estimate of drug-likeness (QED) is 0.727.